The van der Waals surface area contributed by atoms with Crippen LogP contribution in [0.3, 0.4) is 0 Å². The lowest BCUT2D eigenvalue weighted by atomic mass is 10.2. The molecule has 100 valence electrons. The van der Waals surface area contributed by atoms with E-state index in [0.717, 1.165) is 24.2 Å². The zero-order chi connectivity index (χ0) is 13.0. The van der Waals surface area contributed by atoms with E-state index in [1.54, 1.807) is 7.11 Å². The SMILES string of the molecule is COc1ccc(CNCC2CCCS2(=O)=O)cc1. The van der Waals surface area contributed by atoms with Crippen LogP contribution in [-0.2, 0) is 16.4 Å². The van der Waals surface area contributed by atoms with Gasteiger partial charge in [-0.05, 0) is 30.5 Å². The zero-order valence-electron chi connectivity index (χ0n) is 10.6. The van der Waals surface area contributed by atoms with Gasteiger partial charge in [0.05, 0.1) is 18.1 Å². The molecule has 2 rings (SSSR count). The summed E-state index contributed by atoms with van der Waals surface area (Å²) in [4.78, 5) is 0. The molecule has 1 aliphatic heterocycles. The van der Waals surface area contributed by atoms with Crippen LogP contribution < -0.4 is 10.1 Å². The minimum Gasteiger partial charge on any atom is -0.497 e. The van der Waals surface area contributed by atoms with Crippen molar-refractivity contribution in [1.29, 1.82) is 0 Å². The van der Waals surface area contributed by atoms with Crippen LogP contribution in [0, 0.1) is 0 Å². The summed E-state index contributed by atoms with van der Waals surface area (Å²) in [7, 11) is -1.20. The average Bonchev–Trinajstić information content (AvgIpc) is 2.70. The number of methoxy groups -OCH3 is 1. The van der Waals surface area contributed by atoms with Crippen LogP contribution in [0.25, 0.3) is 0 Å². The molecule has 4 nitrogen and oxygen atoms in total. The van der Waals surface area contributed by atoms with Crippen molar-refractivity contribution in [3.8, 4) is 5.75 Å². The van der Waals surface area contributed by atoms with Crippen LogP contribution in [0.4, 0.5) is 0 Å². The molecule has 0 spiro atoms. The number of rotatable bonds is 5. The third-order valence-electron chi connectivity index (χ3n) is 3.32. The second kappa shape index (κ2) is 5.71. The van der Waals surface area contributed by atoms with Crippen molar-refractivity contribution in [1.82, 2.24) is 5.32 Å². The molecular formula is C13H19NO3S. The lowest BCUT2D eigenvalue weighted by Crippen LogP contribution is -2.30. The molecule has 0 aliphatic carbocycles. The Labute approximate surface area is 108 Å². The maximum absolute atomic E-state index is 11.6. The highest BCUT2D eigenvalue weighted by Gasteiger charge is 2.30. The van der Waals surface area contributed by atoms with Crippen molar-refractivity contribution >= 4 is 9.84 Å². The summed E-state index contributed by atoms with van der Waals surface area (Å²) in [6, 6.07) is 7.77. The van der Waals surface area contributed by atoms with Gasteiger partial charge in [0.25, 0.3) is 0 Å². The molecule has 0 amide bonds. The van der Waals surface area contributed by atoms with Gasteiger partial charge in [0.1, 0.15) is 5.75 Å². The molecule has 1 aliphatic rings. The molecule has 1 N–H and O–H groups in total. The molecule has 0 saturated carbocycles. The molecule has 1 atom stereocenters. The van der Waals surface area contributed by atoms with E-state index in [2.05, 4.69) is 5.32 Å². The highest BCUT2D eigenvalue weighted by molar-refractivity contribution is 7.92. The van der Waals surface area contributed by atoms with E-state index in [9.17, 15) is 8.42 Å². The van der Waals surface area contributed by atoms with Crippen LogP contribution in [0.15, 0.2) is 24.3 Å². The Kier molecular flexibility index (Phi) is 4.24. The van der Waals surface area contributed by atoms with Crippen LogP contribution >= 0.6 is 0 Å². The summed E-state index contributed by atoms with van der Waals surface area (Å²) in [5, 5.41) is 3.02. The molecule has 0 aromatic heterocycles. The summed E-state index contributed by atoms with van der Waals surface area (Å²) >= 11 is 0. The van der Waals surface area contributed by atoms with E-state index < -0.39 is 9.84 Å². The van der Waals surface area contributed by atoms with Crippen molar-refractivity contribution in [2.45, 2.75) is 24.6 Å². The zero-order valence-corrected chi connectivity index (χ0v) is 11.4. The first-order valence-corrected chi connectivity index (χ1v) is 7.88. The first-order valence-electron chi connectivity index (χ1n) is 6.17. The van der Waals surface area contributed by atoms with Gasteiger partial charge in [-0.2, -0.15) is 0 Å². The van der Waals surface area contributed by atoms with Crippen LogP contribution in [0.5, 0.6) is 5.75 Å². The average molecular weight is 269 g/mol. The first-order chi connectivity index (χ1) is 8.62. The fourth-order valence-corrected chi connectivity index (χ4v) is 4.01. The summed E-state index contributed by atoms with van der Waals surface area (Å²) in [5.74, 6) is 1.18. The van der Waals surface area contributed by atoms with Gasteiger partial charge in [-0.25, -0.2) is 8.42 Å². The van der Waals surface area contributed by atoms with E-state index >= 15 is 0 Å². The van der Waals surface area contributed by atoms with Gasteiger partial charge in [-0.15, -0.1) is 0 Å². The first kappa shape index (κ1) is 13.4. The Morgan fingerprint density at radius 2 is 2.06 bits per heavy atom. The van der Waals surface area contributed by atoms with E-state index in [1.807, 2.05) is 24.3 Å². The quantitative estimate of drug-likeness (QED) is 0.877. The molecule has 18 heavy (non-hydrogen) atoms. The molecule has 1 saturated heterocycles. The van der Waals surface area contributed by atoms with Gasteiger partial charge < -0.3 is 10.1 Å². The second-order valence-electron chi connectivity index (χ2n) is 4.61. The van der Waals surface area contributed by atoms with Gasteiger partial charge >= 0.3 is 0 Å². The van der Waals surface area contributed by atoms with Crippen molar-refractivity contribution in [3.63, 3.8) is 0 Å². The van der Waals surface area contributed by atoms with Crippen molar-refractivity contribution in [2.75, 3.05) is 19.4 Å². The molecule has 5 heteroatoms. The highest BCUT2D eigenvalue weighted by atomic mass is 32.2. The van der Waals surface area contributed by atoms with Crippen LogP contribution in [-0.4, -0.2) is 33.1 Å². The summed E-state index contributed by atoms with van der Waals surface area (Å²) in [6.07, 6.45) is 1.59. The van der Waals surface area contributed by atoms with Gasteiger partial charge in [0, 0.05) is 13.1 Å². The van der Waals surface area contributed by atoms with Crippen LogP contribution in [0.1, 0.15) is 18.4 Å². The Hall–Kier alpha value is -1.07. The third kappa shape index (κ3) is 3.23. The molecular weight excluding hydrogens is 250 g/mol. The van der Waals surface area contributed by atoms with Gasteiger partial charge in [-0.1, -0.05) is 12.1 Å². The lowest BCUT2D eigenvalue weighted by molar-refractivity contribution is 0.414. The molecule has 1 fully saturated rings. The Morgan fingerprint density at radius 3 is 2.61 bits per heavy atom. The number of nitrogens with one attached hydrogen (secondary N) is 1. The Morgan fingerprint density at radius 1 is 1.33 bits per heavy atom. The molecule has 0 bridgehead atoms. The summed E-state index contributed by atoms with van der Waals surface area (Å²) in [5.41, 5.74) is 1.13. The predicted molar refractivity (Wildman–Crippen MR) is 71.5 cm³/mol. The minimum absolute atomic E-state index is 0.198. The Balaban J connectivity index is 1.81. The largest absolute Gasteiger partial charge is 0.497 e. The monoisotopic (exact) mass is 269 g/mol. The van der Waals surface area contributed by atoms with E-state index in [0.29, 0.717) is 18.8 Å². The molecule has 0 radical (unpaired) electrons. The topological polar surface area (TPSA) is 55.4 Å². The number of ether oxygens (including phenoxy) is 1. The van der Waals surface area contributed by atoms with Gasteiger partial charge in [0.2, 0.25) is 0 Å². The van der Waals surface area contributed by atoms with Crippen LogP contribution in [0.2, 0.25) is 0 Å². The standard InChI is InChI=1S/C13H19NO3S/c1-17-12-6-4-11(5-7-12)9-14-10-13-3-2-8-18(13,15)16/h4-7,13-14H,2-3,8-10H2,1H3. The molecule has 1 unspecified atom stereocenters. The van der Waals surface area contributed by atoms with E-state index in [1.165, 1.54) is 0 Å². The number of benzene rings is 1. The van der Waals surface area contributed by atoms with Crippen molar-refractivity contribution in [2.24, 2.45) is 0 Å². The van der Waals surface area contributed by atoms with E-state index in [-0.39, 0.29) is 5.25 Å². The molecule has 1 aromatic carbocycles. The smallest absolute Gasteiger partial charge is 0.154 e. The molecule has 1 aromatic rings. The Bertz CT molecular complexity index is 481. The summed E-state index contributed by atoms with van der Waals surface area (Å²) < 4.78 is 28.3. The molecule has 1 heterocycles. The number of hydrogen-bond acceptors (Lipinski definition) is 4. The third-order valence-corrected chi connectivity index (χ3v) is 5.60. The summed E-state index contributed by atoms with van der Waals surface area (Å²) in [6.45, 7) is 1.24. The number of hydrogen-bond donors (Lipinski definition) is 1. The highest BCUT2D eigenvalue weighted by Crippen LogP contribution is 2.19. The fraction of sp³-hybridized carbons (Fsp3) is 0.538. The van der Waals surface area contributed by atoms with Crippen molar-refractivity contribution in [3.05, 3.63) is 29.8 Å². The fourth-order valence-electron chi connectivity index (χ4n) is 2.21. The minimum atomic E-state index is -2.83. The van der Waals surface area contributed by atoms with Gasteiger partial charge in [0.15, 0.2) is 9.84 Å². The van der Waals surface area contributed by atoms with Gasteiger partial charge in [-0.3, -0.25) is 0 Å². The maximum atomic E-state index is 11.6. The predicted octanol–water partition coefficient (Wildman–Crippen LogP) is 1.36. The normalized spacial score (nSPS) is 21.9. The lowest BCUT2D eigenvalue weighted by Gasteiger charge is -2.11. The maximum Gasteiger partial charge on any atom is 0.154 e. The second-order valence-corrected chi connectivity index (χ2v) is 7.01. The number of sulfone groups is 1. The van der Waals surface area contributed by atoms with Crippen molar-refractivity contribution < 1.29 is 13.2 Å². The van der Waals surface area contributed by atoms with E-state index in [4.69, 9.17) is 4.74 Å².